The molecule has 0 radical (unpaired) electrons. The minimum Gasteiger partial charge on any atom is -0.490 e. The zero-order chi connectivity index (χ0) is 18.3. The van der Waals surface area contributed by atoms with Crippen LogP contribution in [0.4, 0.5) is 8.78 Å². The lowest BCUT2D eigenvalue weighted by molar-refractivity contribution is -0.0677. The van der Waals surface area contributed by atoms with Gasteiger partial charge in [0, 0.05) is 25.2 Å². The summed E-state index contributed by atoms with van der Waals surface area (Å²) in [5.41, 5.74) is -1.18. The molecule has 1 aliphatic rings. The van der Waals surface area contributed by atoms with Crippen LogP contribution in [0.1, 0.15) is 39.5 Å². The first-order valence-corrected chi connectivity index (χ1v) is 9.09. The Morgan fingerprint density at radius 1 is 1.24 bits per heavy atom. The average Bonchev–Trinajstić information content (AvgIpc) is 2.78. The molecule has 1 atom stereocenters. The fraction of sp³-hybridized carbons (Fsp3) is 0.684. The van der Waals surface area contributed by atoms with Crippen molar-refractivity contribution >= 4 is 0 Å². The third-order valence-electron chi connectivity index (χ3n) is 4.55. The molecule has 1 saturated heterocycles. The molecule has 4 nitrogen and oxygen atoms in total. The van der Waals surface area contributed by atoms with Gasteiger partial charge >= 0.3 is 0 Å². The van der Waals surface area contributed by atoms with Gasteiger partial charge in [-0.25, -0.2) is 8.78 Å². The second-order valence-corrected chi connectivity index (χ2v) is 6.84. The number of β-amino-alcohol motifs (C(OH)–C–C–N with tert-alkyl or cyclic N) is 1. The summed E-state index contributed by atoms with van der Waals surface area (Å²) in [6.07, 6.45) is 4.33. The maximum Gasteiger partial charge on any atom is 0.162 e. The Kier molecular flexibility index (Phi) is 7.59. The fourth-order valence-electron chi connectivity index (χ4n) is 3.31. The minimum absolute atomic E-state index is 0.0282. The van der Waals surface area contributed by atoms with Gasteiger partial charge in [0.1, 0.15) is 18.0 Å². The monoisotopic (exact) mass is 357 g/mol. The van der Waals surface area contributed by atoms with Crippen molar-refractivity contribution in [2.24, 2.45) is 0 Å². The maximum atomic E-state index is 13.3. The Hall–Kier alpha value is -1.24. The van der Waals surface area contributed by atoms with E-state index < -0.39 is 17.2 Å². The van der Waals surface area contributed by atoms with Crippen LogP contribution in [0.15, 0.2) is 18.2 Å². The third-order valence-corrected chi connectivity index (χ3v) is 4.55. The molecular formula is C19H29F2NO3. The lowest BCUT2D eigenvalue weighted by Gasteiger charge is -2.35. The summed E-state index contributed by atoms with van der Waals surface area (Å²) in [6.45, 7) is 6.25. The standard InChI is InChI=1S/C19H29F2NO3/c1-3-5-15(6-4-2)22-9-10-24-13-19(23,12-22)14-25-16-7-8-17(20)18(21)11-16/h7-8,11,15,23H,3-6,9-10,12-14H2,1-2H3/t19-/m0/s1. The van der Waals surface area contributed by atoms with Gasteiger partial charge in [-0.05, 0) is 25.0 Å². The molecule has 1 aromatic rings. The normalized spacial score (nSPS) is 22.2. The van der Waals surface area contributed by atoms with Gasteiger partial charge in [0.2, 0.25) is 0 Å². The predicted octanol–water partition coefficient (Wildman–Crippen LogP) is 3.38. The highest BCUT2D eigenvalue weighted by Crippen LogP contribution is 2.22. The Bertz CT molecular complexity index is 537. The summed E-state index contributed by atoms with van der Waals surface area (Å²) in [5, 5.41) is 10.9. The molecule has 0 amide bonds. The fourth-order valence-corrected chi connectivity index (χ4v) is 3.31. The maximum absolute atomic E-state index is 13.3. The molecule has 2 rings (SSSR count). The highest BCUT2D eigenvalue weighted by atomic mass is 19.2. The third kappa shape index (κ3) is 5.90. The highest BCUT2D eigenvalue weighted by Gasteiger charge is 2.35. The van der Waals surface area contributed by atoms with Gasteiger partial charge in [0.15, 0.2) is 11.6 Å². The van der Waals surface area contributed by atoms with Crippen molar-refractivity contribution in [3.63, 3.8) is 0 Å². The van der Waals surface area contributed by atoms with Gasteiger partial charge in [-0.2, -0.15) is 0 Å². The van der Waals surface area contributed by atoms with E-state index in [1.54, 1.807) is 0 Å². The van der Waals surface area contributed by atoms with Gasteiger partial charge in [-0.1, -0.05) is 26.7 Å². The van der Waals surface area contributed by atoms with Crippen LogP contribution >= 0.6 is 0 Å². The molecule has 6 heteroatoms. The van der Waals surface area contributed by atoms with Crippen LogP contribution in [0.3, 0.4) is 0 Å². The molecule has 1 N–H and O–H groups in total. The molecule has 0 aromatic heterocycles. The summed E-state index contributed by atoms with van der Waals surface area (Å²) in [5.74, 6) is -1.69. The number of halogens is 2. The summed E-state index contributed by atoms with van der Waals surface area (Å²) < 4.78 is 37.4. The van der Waals surface area contributed by atoms with Crippen LogP contribution in [0.5, 0.6) is 5.75 Å². The summed E-state index contributed by atoms with van der Waals surface area (Å²) in [4.78, 5) is 2.27. The van der Waals surface area contributed by atoms with E-state index in [1.165, 1.54) is 6.07 Å². The van der Waals surface area contributed by atoms with E-state index >= 15 is 0 Å². The largest absolute Gasteiger partial charge is 0.490 e. The molecule has 142 valence electrons. The molecule has 0 saturated carbocycles. The van der Waals surface area contributed by atoms with Gasteiger partial charge in [-0.15, -0.1) is 0 Å². The van der Waals surface area contributed by atoms with Crippen molar-refractivity contribution in [2.75, 3.05) is 32.9 Å². The average molecular weight is 357 g/mol. The number of hydrogen-bond donors (Lipinski definition) is 1. The summed E-state index contributed by atoms with van der Waals surface area (Å²) in [6, 6.07) is 3.77. The van der Waals surface area contributed by atoms with Crippen molar-refractivity contribution in [2.45, 2.75) is 51.2 Å². The molecule has 25 heavy (non-hydrogen) atoms. The topological polar surface area (TPSA) is 41.9 Å². The van der Waals surface area contributed by atoms with Crippen LogP contribution in [0.25, 0.3) is 0 Å². The van der Waals surface area contributed by atoms with E-state index in [9.17, 15) is 13.9 Å². The lowest BCUT2D eigenvalue weighted by atomic mass is 10.0. The molecule has 0 unspecified atom stereocenters. The van der Waals surface area contributed by atoms with E-state index in [1.807, 2.05) is 0 Å². The van der Waals surface area contributed by atoms with Crippen molar-refractivity contribution in [1.82, 2.24) is 4.90 Å². The van der Waals surface area contributed by atoms with Crippen LogP contribution < -0.4 is 4.74 Å². The smallest absolute Gasteiger partial charge is 0.162 e. The first-order valence-electron chi connectivity index (χ1n) is 9.09. The Labute approximate surface area is 148 Å². The Balaban J connectivity index is 2.02. The first kappa shape index (κ1) is 20.1. The van der Waals surface area contributed by atoms with E-state index in [4.69, 9.17) is 9.47 Å². The van der Waals surface area contributed by atoms with E-state index in [0.29, 0.717) is 19.2 Å². The summed E-state index contributed by atoms with van der Waals surface area (Å²) >= 11 is 0. The van der Waals surface area contributed by atoms with E-state index in [0.717, 1.165) is 44.4 Å². The number of hydrogen-bond acceptors (Lipinski definition) is 4. The molecule has 1 aromatic carbocycles. The zero-order valence-electron chi connectivity index (χ0n) is 15.1. The summed E-state index contributed by atoms with van der Waals surface area (Å²) in [7, 11) is 0. The number of benzene rings is 1. The second kappa shape index (κ2) is 9.46. The highest BCUT2D eigenvalue weighted by molar-refractivity contribution is 5.23. The molecule has 0 spiro atoms. The predicted molar refractivity (Wildman–Crippen MR) is 92.8 cm³/mol. The van der Waals surface area contributed by atoms with Gasteiger partial charge in [-0.3, -0.25) is 4.90 Å². The second-order valence-electron chi connectivity index (χ2n) is 6.84. The van der Waals surface area contributed by atoms with Crippen LogP contribution in [0, 0.1) is 11.6 Å². The number of nitrogens with zero attached hydrogens (tertiary/aromatic N) is 1. The number of ether oxygens (including phenoxy) is 2. The van der Waals surface area contributed by atoms with E-state index in [2.05, 4.69) is 18.7 Å². The van der Waals surface area contributed by atoms with Crippen molar-refractivity contribution in [1.29, 1.82) is 0 Å². The Morgan fingerprint density at radius 2 is 1.96 bits per heavy atom. The lowest BCUT2D eigenvalue weighted by Crippen LogP contribution is -2.51. The molecule has 1 fully saturated rings. The van der Waals surface area contributed by atoms with Crippen molar-refractivity contribution in [3.05, 3.63) is 29.8 Å². The van der Waals surface area contributed by atoms with Crippen LogP contribution in [-0.2, 0) is 4.74 Å². The van der Waals surface area contributed by atoms with Gasteiger partial charge < -0.3 is 14.6 Å². The van der Waals surface area contributed by atoms with Crippen LogP contribution in [-0.4, -0.2) is 54.6 Å². The molecule has 1 aliphatic heterocycles. The Morgan fingerprint density at radius 3 is 2.60 bits per heavy atom. The van der Waals surface area contributed by atoms with Gasteiger partial charge in [0.25, 0.3) is 0 Å². The SMILES string of the molecule is CCCC(CCC)N1CCOC[C@](O)(COc2ccc(F)c(F)c2)C1. The number of rotatable bonds is 8. The number of aliphatic hydroxyl groups is 1. The first-order chi connectivity index (χ1) is 12.0. The van der Waals surface area contributed by atoms with Crippen LogP contribution in [0.2, 0.25) is 0 Å². The van der Waals surface area contributed by atoms with Crippen molar-refractivity contribution in [3.8, 4) is 5.75 Å². The van der Waals surface area contributed by atoms with E-state index in [-0.39, 0.29) is 19.0 Å². The van der Waals surface area contributed by atoms with Gasteiger partial charge in [0.05, 0.1) is 13.2 Å². The zero-order valence-corrected chi connectivity index (χ0v) is 15.1. The molecule has 0 bridgehead atoms. The minimum atomic E-state index is -1.18. The molecular weight excluding hydrogens is 328 g/mol. The van der Waals surface area contributed by atoms with Crippen molar-refractivity contribution < 1.29 is 23.4 Å². The quantitative estimate of drug-likeness (QED) is 0.775. The molecule has 1 heterocycles. The molecule has 0 aliphatic carbocycles.